The van der Waals surface area contributed by atoms with Crippen molar-refractivity contribution < 1.29 is 4.74 Å². The van der Waals surface area contributed by atoms with Crippen LogP contribution in [0.3, 0.4) is 0 Å². The number of aromatic nitrogens is 2. The molecule has 3 nitrogen and oxygen atoms in total. The first kappa shape index (κ1) is 16.0. The van der Waals surface area contributed by atoms with Crippen LogP contribution in [0.4, 0.5) is 0 Å². The van der Waals surface area contributed by atoms with Gasteiger partial charge in [0.15, 0.2) is 0 Å². The van der Waals surface area contributed by atoms with Crippen LogP contribution in [0.15, 0.2) is 91.3 Å². The molecule has 0 saturated carbocycles. The molecule has 2 aromatic heterocycles. The predicted octanol–water partition coefficient (Wildman–Crippen LogP) is 5.91. The number of benzene rings is 2. The molecule has 0 unspecified atom stereocenters. The van der Waals surface area contributed by atoms with Crippen LogP contribution in [-0.4, -0.2) is 9.97 Å². The average molecular weight is 338 g/mol. The lowest BCUT2D eigenvalue weighted by Crippen LogP contribution is -1.91. The fourth-order valence-corrected chi connectivity index (χ4v) is 2.82. The van der Waals surface area contributed by atoms with E-state index in [0.717, 1.165) is 39.6 Å². The van der Waals surface area contributed by atoms with Gasteiger partial charge < -0.3 is 4.74 Å². The fourth-order valence-electron chi connectivity index (χ4n) is 2.82. The summed E-state index contributed by atoms with van der Waals surface area (Å²) in [7, 11) is 0. The fraction of sp³-hybridized carbons (Fsp3) is 0.0435. The van der Waals surface area contributed by atoms with Gasteiger partial charge in [-0.3, -0.25) is 9.97 Å². The zero-order valence-corrected chi connectivity index (χ0v) is 14.5. The van der Waals surface area contributed by atoms with E-state index >= 15 is 0 Å². The maximum Gasteiger partial charge on any atom is 0.130 e. The molecule has 0 radical (unpaired) electrons. The maximum absolute atomic E-state index is 6.18. The second-order valence-electron chi connectivity index (χ2n) is 6.04. The molecule has 4 aromatic rings. The molecule has 0 amide bonds. The monoisotopic (exact) mass is 338 g/mol. The normalized spacial score (nSPS) is 10.5. The summed E-state index contributed by atoms with van der Waals surface area (Å²) in [5, 5.41) is 0. The van der Waals surface area contributed by atoms with Crippen LogP contribution in [0.1, 0.15) is 5.56 Å². The molecule has 2 aromatic carbocycles. The Morgan fingerprint density at radius 1 is 0.654 bits per heavy atom. The average Bonchev–Trinajstić information content (AvgIpc) is 2.71. The molecule has 0 aliphatic heterocycles. The first-order valence-corrected chi connectivity index (χ1v) is 8.51. The van der Waals surface area contributed by atoms with Crippen LogP contribution in [0, 0.1) is 6.92 Å². The summed E-state index contributed by atoms with van der Waals surface area (Å²) < 4.78 is 6.18. The Hall–Kier alpha value is -3.46. The number of nitrogens with zero attached hydrogens (tertiary/aromatic N) is 2. The van der Waals surface area contributed by atoms with Gasteiger partial charge in [0.05, 0.1) is 11.4 Å². The van der Waals surface area contributed by atoms with Crippen LogP contribution in [0.25, 0.3) is 22.5 Å². The van der Waals surface area contributed by atoms with Gasteiger partial charge in [-0.05, 0) is 61.0 Å². The van der Waals surface area contributed by atoms with Crippen LogP contribution in [0.2, 0.25) is 0 Å². The first-order chi connectivity index (χ1) is 12.8. The molecule has 0 aliphatic rings. The number of rotatable bonds is 4. The number of para-hydroxylation sites is 1. The summed E-state index contributed by atoms with van der Waals surface area (Å²) in [6, 6.07) is 25.9. The number of hydrogen-bond acceptors (Lipinski definition) is 3. The standard InChI is InChI=1S/C23H18N2O/c1-17-8-2-3-11-23(17)26-20-15-18(21-9-4-6-12-24-21)14-19(16-20)22-10-5-7-13-25-22/h2-16H,1H3. The van der Waals surface area contributed by atoms with E-state index in [0.29, 0.717) is 0 Å². The van der Waals surface area contributed by atoms with Crippen LogP contribution >= 0.6 is 0 Å². The van der Waals surface area contributed by atoms with Gasteiger partial charge in [-0.1, -0.05) is 30.3 Å². The summed E-state index contributed by atoms with van der Waals surface area (Å²) in [5.74, 6) is 1.61. The molecule has 0 atom stereocenters. The Morgan fingerprint density at radius 2 is 1.23 bits per heavy atom. The third kappa shape index (κ3) is 3.47. The highest BCUT2D eigenvalue weighted by Crippen LogP contribution is 2.33. The van der Waals surface area contributed by atoms with Crippen LogP contribution < -0.4 is 4.74 Å². The second-order valence-corrected chi connectivity index (χ2v) is 6.04. The number of pyridine rings is 2. The van der Waals surface area contributed by atoms with Crippen molar-refractivity contribution in [2.45, 2.75) is 6.92 Å². The van der Waals surface area contributed by atoms with Crippen molar-refractivity contribution in [3.63, 3.8) is 0 Å². The minimum Gasteiger partial charge on any atom is -0.457 e. The van der Waals surface area contributed by atoms with Crippen molar-refractivity contribution in [1.82, 2.24) is 9.97 Å². The van der Waals surface area contributed by atoms with Gasteiger partial charge in [0.1, 0.15) is 11.5 Å². The number of aryl methyl sites for hydroxylation is 1. The summed E-state index contributed by atoms with van der Waals surface area (Å²) in [5.41, 5.74) is 4.89. The molecular weight excluding hydrogens is 320 g/mol. The van der Waals surface area contributed by atoms with E-state index in [4.69, 9.17) is 4.74 Å². The SMILES string of the molecule is Cc1ccccc1Oc1cc(-c2ccccn2)cc(-c2ccccn2)c1. The molecule has 126 valence electrons. The lowest BCUT2D eigenvalue weighted by atomic mass is 10.0. The highest BCUT2D eigenvalue weighted by molar-refractivity contribution is 5.72. The zero-order chi connectivity index (χ0) is 17.8. The van der Waals surface area contributed by atoms with Gasteiger partial charge in [-0.2, -0.15) is 0 Å². The van der Waals surface area contributed by atoms with Gasteiger partial charge in [-0.25, -0.2) is 0 Å². The highest BCUT2D eigenvalue weighted by atomic mass is 16.5. The molecule has 2 heterocycles. The summed E-state index contributed by atoms with van der Waals surface area (Å²) in [4.78, 5) is 8.95. The van der Waals surface area contributed by atoms with Gasteiger partial charge in [0, 0.05) is 23.5 Å². The third-order valence-electron chi connectivity index (χ3n) is 4.15. The van der Waals surface area contributed by atoms with E-state index in [9.17, 15) is 0 Å². The second kappa shape index (κ2) is 7.19. The molecule has 3 heteroatoms. The van der Waals surface area contributed by atoms with Gasteiger partial charge in [0.2, 0.25) is 0 Å². The minimum atomic E-state index is 0.767. The Morgan fingerprint density at radius 3 is 1.77 bits per heavy atom. The van der Waals surface area contributed by atoms with Crippen molar-refractivity contribution in [2.24, 2.45) is 0 Å². The Bertz CT molecular complexity index is 957. The smallest absolute Gasteiger partial charge is 0.130 e. The van der Waals surface area contributed by atoms with Crippen molar-refractivity contribution in [3.8, 4) is 34.0 Å². The predicted molar refractivity (Wildman–Crippen MR) is 104 cm³/mol. The lowest BCUT2D eigenvalue weighted by Gasteiger charge is -2.12. The molecule has 0 N–H and O–H groups in total. The molecule has 26 heavy (non-hydrogen) atoms. The van der Waals surface area contributed by atoms with E-state index in [1.165, 1.54) is 0 Å². The van der Waals surface area contributed by atoms with E-state index in [2.05, 4.69) is 16.0 Å². The zero-order valence-electron chi connectivity index (χ0n) is 14.5. The molecule has 0 bridgehead atoms. The largest absolute Gasteiger partial charge is 0.457 e. The molecule has 0 saturated heterocycles. The molecule has 0 aliphatic carbocycles. The minimum absolute atomic E-state index is 0.767. The van der Waals surface area contributed by atoms with Gasteiger partial charge in [-0.15, -0.1) is 0 Å². The summed E-state index contributed by atoms with van der Waals surface area (Å²) in [6.45, 7) is 2.04. The van der Waals surface area contributed by atoms with Gasteiger partial charge >= 0.3 is 0 Å². The van der Waals surface area contributed by atoms with Crippen LogP contribution in [0.5, 0.6) is 11.5 Å². The van der Waals surface area contributed by atoms with E-state index in [1.807, 2.05) is 79.7 Å². The molecule has 0 spiro atoms. The van der Waals surface area contributed by atoms with Crippen molar-refractivity contribution in [3.05, 3.63) is 96.8 Å². The number of hydrogen-bond donors (Lipinski definition) is 0. The molecule has 4 rings (SSSR count). The summed E-state index contributed by atoms with van der Waals surface area (Å²) in [6.07, 6.45) is 3.59. The number of ether oxygens (including phenoxy) is 1. The van der Waals surface area contributed by atoms with Gasteiger partial charge in [0.25, 0.3) is 0 Å². The van der Waals surface area contributed by atoms with E-state index in [-0.39, 0.29) is 0 Å². The maximum atomic E-state index is 6.18. The quantitative estimate of drug-likeness (QED) is 0.464. The van der Waals surface area contributed by atoms with E-state index < -0.39 is 0 Å². The lowest BCUT2D eigenvalue weighted by molar-refractivity contribution is 0.479. The first-order valence-electron chi connectivity index (χ1n) is 8.51. The topological polar surface area (TPSA) is 35.0 Å². The Kier molecular flexibility index (Phi) is 4.44. The van der Waals surface area contributed by atoms with Crippen molar-refractivity contribution >= 4 is 0 Å². The Balaban J connectivity index is 1.82. The third-order valence-corrected chi connectivity index (χ3v) is 4.15. The van der Waals surface area contributed by atoms with Crippen molar-refractivity contribution in [2.75, 3.05) is 0 Å². The molecular formula is C23H18N2O. The van der Waals surface area contributed by atoms with E-state index in [1.54, 1.807) is 12.4 Å². The summed E-state index contributed by atoms with van der Waals surface area (Å²) >= 11 is 0. The highest BCUT2D eigenvalue weighted by Gasteiger charge is 2.09. The molecule has 0 fully saturated rings. The van der Waals surface area contributed by atoms with Crippen LogP contribution in [-0.2, 0) is 0 Å². The Labute approximate surface area is 153 Å². The van der Waals surface area contributed by atoms with Crippen molar-refractivity contribution in [1.29, 1.82) is 0 Å².